The molecule has 3 heteroatoms. The Morgan fingerprint density at radius 3 is 1.96 bits per heavy atom. The Hall–Kier alpha value is -2.13. The van der Waals surface area contributed by atoms with Gasteiger partial charge >= 0.3 is 5.97 Å². The summed E-state index contributed by atoms with van der Waals surface area (Å²) in [5.41, 5.74) is 2.77. The fourth-order valence-electron chi connectivity index (χ4n) is 3.75. The molecule has 1 fully saturated rings. The number of ether oxygens (including phenoxy) is 1. The quantitative estimate of drug-likeness (QED) is 0.786. The first kappa shape index (κ1) is 16.7. The topological polar surface area (TPSA) is 29.5 Å². The monoisotopic (exact) mass is 323 g/mol. The minimum absolute atomic E-state index is 0.142. The van der Waals surface area contributed by atoms with Gasteiger partial charge in [-0.3, -0.25) is 9.69 Å². The van der Waals surface area contributed by atoms with Crippen LogP contribution in [0.15, 0.2) is 60.7 Å². The Labute approximate surface area is 144 Å². The van der Waals surface area contributed by atoms with Crippen LogP contribution < -0.4 is 0 Å². The molecule has 1 aliphatic rings. The Morgan fingerprint density at radius 2 is 1.50 bits per heavy atom. The number of piperidine rings is 1. The molecular formula is C21H25NO2. The maximum Gasteiger partial charge on any atom is 0.319 e. The van der Waals surface area contributed by atoms with E-state index in [0.29, 0.717) is 18.4 Å². The van der Waals surface area contributed by atoms with Crippen LogP contribution in [0.1, 0.15) is 29.9 Å². The molecule has 3 nitrogen and oxygen atoms in total. The van der Waals surface area contributed by atoms with Gasteiger partial charge in [0, 0.05) is 5.92 Å². The lowest BCUT2D eigenvalue weighted by Gasteiger charge is -2.36. The highest BCUT2D eigenvalue weighted by Crippen LogP contribution is 2.37. The van der Waals surface area contributed by atoms with Crippen LogP contribution in [0.2, 0.25) is 0 Å². The van der Waals surface area contributed by atoms with E-state index in [9.17, 15) is 4.79 Å². The number of likely N-dealkylation sites (tertiary alicyclic amines) is 1. The van der Waals surface area contributed by atoms with Gasteiger partial charge in [0.15, 0.2) is 0 Å². The number of esters is 1. The normalized spacial score (nSPS) is 16.2. The average molecular weight is 323 g/mol. The highest BCUT2D eigenvalue weighted by molar-refractivity contribution is 5.71. The van der Waals surface area contributed by atoms with Crippen LogP contribution in [0.4, 0.5) is 0 Å². The van der Waals surface area contributed by atoms with Crippen LogP contribution in [0.25, 0.3) is 0 Å². The molecule has 0 radical (unpaired) electrons. The van der Waals surface area contributed by atoms with E-state index >= 15 is 0 Å². The number of benzene rings is 2. The second-order valence-electron chi connectivity index (χ2n) is 6.49. The Morgan fingerprint density at radius 1 is 1.00 bits per heavy atom. The molecule has 0 aliphatic carbocycles. The third kappa shape index (κ3) is 4.04. The third-order valence-corrected chi connectivity index (χ3v) is 5.00. The zero-order chi connectivity index (χ0) is 16.8. The molecule has 24 heavy (non-hydrogen) atoms. The Bertz CT molecular complexity index is 594. The second-order valence-corrected chi connectivity index (χ2v) is 6.49. The summed E-state index contributed by atoms with van der Waals surface area (Å²) in [6.07, 6.45) is 2.21. The lowest BCUT2D eigenvalue weighted by Crippen LogP contribution is -2.39. The molecule has 2 aromatic carbocycles. The summed E-state index contributed by atoms with van der Waals surface area (Å²) < 4.78 is 4.79. The summed E-state index contributed by atoms with van der Waals surface area (Å²) in [4.78, 5) is 13.7. The number of nitrogens with zero attached hydrogens (tertiary/aromatic N) is 1. The van der Waals surface area contributed by atoms with Gasteiger partial charge in [0.2, 0.25) is 0 Å². The molecule has 126 valence electrons. The number of carbonyl (C=O) groups excluding carboxylic acids is 1. The molecule has 0 amide bonds. The standard InChI is InChI=1S/C21H25NO2/c1-24-20(23)16-22-14-12-19(13-15-22)21(17-8-4-2-5-9-17)18-10-6-3-7-11-18/h2-11,19,21H,12-16H2,1H3. The molecule has 2 aromatic rings. The van der Waals surface area contributed by atoms with Gasteiger partial charge in [-0.2, -0.15) is 0 Å². The van der Waals surface area contributed by atoms with Crippen LogP contribution in [0.3, 0.4) is 0 Å². The SMILES string of the molecule is COC(=O)CN1CCC(C(c2ccccc2)c2ccccc2)CC1. The van der Waals surface area contributed by atoms with Crippen molar-refractivity contribution in [2.45, 2.75) is 18.8 Å². The van der Waals surface area contributed by atoms with Crippen molar-refractivity contribution in [3.05, 3.63) is 71.8 Å². The van der Waals surface area contributed by atoms with Gasteiger partial charge in [0.05, 0.1) is 13.7 Å². The molecule has 0 aromatic heterocycles. The fraction of sp³-hybridized carbons (Fsp3) is 0.381. The Kier molecular flexibility index (Phi) is 5.65. The first-order chi connectivity index (χ1) is 11.8. The van der Waals surface area contributed by atoms with E-state index in [1.54, 1.807) is 0 Å². The van der Waals surface area contributed by atoms with E-state index in [1.807, 2.05) is 0 Å². The Balaban J connectivity index is 1.75. The summed E-state index contributed by atoms with van der Waals surface area (Å²) in [5.74, 6) is 0.882. The van der Waals surface area contributed by atoms with Crippen molar-refractivity contribution in [1.29, 1.82) is 0 Å². The molecule has 1 heterocycles. The molecule has 0 saturated carbocycles. The summed E-state index contributed by atoms with van der Waals surface area (Å²) in [5, 5.41) is 0. The number of rotatable bonds is 5. The molecule has 0 spiro atoms. The first-order valence-corrected chi connectivity index (χ1v) is 8.67. The number of hydrogen-bond acceptors (Lipinski definition) is 3. The lowest BCUT2D eigenvalue weighted by molar-refractivity contribution is -0.142. The van der Waals surface area contributed by atoms with Gasteiger partial charge < -0.3 is 4.74 Å². The van der Waals surface area contributed by atoms with Gasteiger partial charge in [-0.1, -0.05) is 60.7 Å². The zero-order valence-corrected chi connectivity index (χ0v) is 14.2. The third-order valence-electron chi connectivity index (χ3n) is 5.00. The highest BCUT2D eigenvalue weighted by atomic mass is 16.5. The van der Waals surface area contributed by atoms with Crippen molar-refractivity contribution in [1.82, 2.24) is 4.90 Å². The van der Waals surface area contributed by atoms with Crippen LogP contribution in [-0.2, 0) is 9.53 Å². The van der Waals surface area contributed by atoms with Crippen molar-refractivity contribution in [3.8, 4) is 0 Å². The average Bonchev–Trinajstić information content (AvgIpc) is 2.65. The largest absolute Gasteiger partial charge is 0.468 e. The van der Waals surface area contributed by atoms with Crippen LogP contribution in [0, 0.1) is 5.92 Å². The van der Waals surface area contributed by atoms with Gasteiger partial charge in [-0.15, -0.1) is 0 Å². The molecule has 0 unspecified atom stereocenters. The van der Waals surface area contributed by atoms with E-state index in [0.717, 1.165) is 25.9 Å². The minimum Gasteiger partial charge on any atom is -0.468 e. The van der Waals surface area contributed by atoms with Crippen LogP contribution in [0.5, 0.6) is 0 Å². The smallest absolute Gasteiger partial charge is 0.319 e. The molecular weight excluding hydrogens is 298 g/mol. The zero-order valence-electron chi connectivity index (χ0n) is 14.2. The van der Waals surface area contributed by atoms with Crippen molar-refractivity contribution >= 4 is 5.97 Å². The predicted molar refractivity (Wildman–Crippen MR) is 95.9 cm³/mol. The number of hydrogen-bond donors (Lipinski definition) is 0. The highest BCUT2D eigenvalue weighted by Gasteiger charge is 2.29. The molecule has 0 atom stereocenters. The summed E-state index contributed by atoms with van der Waals surface area (Å²) in [7, 11) is 1.45. The van der Waals surface area contributed by atoms with E-state index in [4.69, 9.17) is 4.74 Å². The second kappa shape index (κ2) is 8.11. The van der Waals surface area contributed by atoms with Gasteiger partial charge in [0.1, 0.15) is 0 Å². The maximum atomic E-state index is 11.5. The van der Waals surface area contributed by atoms with Crippen LogP contribution >= 0.6 is 0 Å². The maximum absolute atomic E-state index is 11.5. The van der Waals surface area contributed by atoms with Gasteiger partial charge in [-0.05, 0) is 43.0 Å². The molecule has 0 N–H and O–H groups in total. The minimum atomic E-state index is -0.142. The van der Waals surface area contributed by atoms with E-state index in [2.05, 4.69) is 65.6 Å². The van der Waals surface area contributed by atoms with E-state index in [-0.39, 0.29) is 5.97 Å². The summed E-state index contributed by atoms with van der Waals surface area (Å²) >= 11 is 0. The summed E-state index contributed by atoms with van der Waals surface area (Å²) in [6, 6.07) is 21.6. The van der Waals surface area contributed by atoms with E-state index < -0.39 is 0 Å². The predicted octanol–water partition coefficient (Wildman–Crippen LogP) is 3.70. The molecule has 0 bridgehead atoms. The first-order valence-electron chi connectivity index (χ1n) is 8.67. The number of carbonyl (C=O) groups is 1. The molecule has 3 rings (SSSR count). The van der Waals surface area contributed by atoms with Gasteiger partial charge in [-0.25, -0.2) is 0 Å². The van der Waals surface area contributed by atoms with Crippen molar-refractivity contribution in [2.75, 3.05) is 26.7 Å². The fourth-order valence-corrected chi connectivity index (χ4v) is 3.75. The van der Waals surface area contributed by atoms with Gasteiger partial charge in [0.25, 0.3) is 0 Å². The summed E-state index contributed by atoms with van der Waals surface area (Å²) in [6.45, 7) is 2.32. The van der Waals surface area contributed by atoms with Crippen molar-refractivity contribution in [3.63, 3.8) is 0 Å². The van der Waals surface area contributed by atoms with Crippen molar-refractivity contribution in [2.24, 2.45) is 5.92 Å². The van der Waals surface area contributed by atoms with Crippen LogP contribution in [-0.4, -0.2) is 37.6 Å². The molecule has 1 saturated heterocycles. The lowest BCUT2D eigenvalue weighted by atomic mass is 9.76. The van der Waals surface area contributed by atoms with E-state index in [1.165, 1.54) is 18.2 Å². The molecule has 1 aliphatic heterocycles. The number of methoxy groups -OCH3 is 1. The van der Waals surface area contributed by atoms with Crippen molar-refractivity contribution < 1.29 is 9.53 Å².